The Hall–Kier alpha value is -1.29. The number of halogens is 2. The van der Waals surface area contributed by atoms with E-state index in [1.165, 1.54) is 6.07 Å². The van der Waals surface area contributed by atoms with Gasteiger partial charge in [-0.2, -0.15) is 0 Å². The summed E-state index contributed by atoms with van der Waals surface area (Å²) < 4.78 is 25.6. The summed E-state index contributed by atoms with van der Waals surface area (Å²) in [6.45, 7) is 2.62. The van der Waals surface area contributed by atoms with Gasteiger partial charge < -0.3 is 5.73 Å². The number of hydrogen-bond acceptors (Lipinski definition) is 2. The normalized spacial score (nSPS) is 12.5. The maximum atomic E-state index is 12.9. The number of carbonyl (C=O) groups excluding carboxylic acids is 1. The molecule has 0 saturated carbocycles. The van der Waals surface area contributed by atoms with Gasteiger partial charge in [0.15, 0.2) is 17.4 Å². The first-order chi connectivity index (χ1) is 8.04. The third kappa shape index (κ3) is 4.23. The van der Waals surface area contributed by atoms with Crippen LogP contribution < -0.4 is 5.73 Å². The Morgan fingerprint density at radius 2 is 2.00 bits per heavy atom. The van der Waals surface area contributed by atoms with Gasteiger partial charge >= 0.3 is 0 Å². The van der Waals surface area contributed by atoms with Crippen molar-refractivity contribution in [3.8, 4) is 0 Å². The number of hydrogen-bond donors (Lipinski definition) is 1. The van der Waals surface area contributed by atoms with Gasteiger partial charge in [-0.15, -0.1) is 0 Å². The first-order valence-electron chi connectivity index (χ1n) is 5.73. The molecule has 0 bridgehead atoms. The first kappa shape index (κ1) is 13.8. The molecule has 0 radical (unpaired) electrons. The minimum atomic E-state index is -0.981. The van der Waals surface area contributed by atoms with Gasteiger partial charge in [0.25, 0.3) is 0 Å². The molecule has 4 heteroatoms. The molecular weight excluding hydrogens is 224 g/mol. The van der Waals surface area contributed by atoms with Crippen LogP contribution in [0.4, 0.5) is 8.78 Å². The molecule has 2 N–H and O–H groups in total. The van der Waals surface area contributed by atoms with E-state index in [1.807, 2.05) is 6.92 Å². The van der Waals surface area contributed by atoms with E-state index in [0.29, 0.717) is 18.9 Å². The van der Waals surface area contributed by atoms with Gasteiger partial charge in [-0.25, -0.2) is 8.78 Å². The number of rotatable bonds is 6. The highest BCUT2D eigenvalue weighted by Gasteiger charge is 2.11. The summed E-state index contributed by atoms with van der Waals surface area (Å²) in [5.74, 6) is -1.70. The molecule has 17 heavy (non-hydrogen) atoms. The van der Waals surface area contributed by atoms with E-state index in [4.69, 9.17) is 5.73 Å². The molecule has 0 heterocycles. The number of nitrogens with two attached hydrogens (primary N) is 1. The predicted octanol–water partition coefficient (Wildman–Crippen LogP) is 2.91. The number of carbonyl (C=O) groups is 1. The fourth-order valence-corrected chi connectivity index (χ4v) is 1.62. The minimum absolute atomic E-state index is 0.159. The average Bonchev–Trinajstić information content (AvgIpc) is 2.30. The van der Waals surface area contributed by atoms with E-state index in [9.17, 15) is 13.6 Å². The summed E-state index contributed by atoms with van der Waals surface area (Å²) in [7, 11) is 0. The van der Waals surface area contributed by atoms with Crippen LogP contribution in [0.25, 0.3) is 0 Å². The number of ketones is 1. The zero-order valence-electron chi connectivity index (χ0n) is 9.88. The molecule has 1 aromatic rings. The molecule has 0 fully saturated rings. The van der Waals surface area contributed by atoms with Crippen LogP contribution in [0.3, 0.4) is 0 Å². The Balaban J connectivity index is 2.55. The standard InChI is InChI=1S/C13H17F2NO/c1-9(6-7-16)2-5-13(17)10-3-4-11(14)12(15)8-10/h3-4,8-9H,2,5-7,16H2,1H3. The third-order valence-corrected chi connectivity index (χ3v) is 2.77. The molecule has 0 amide bonds. The van der Waals surface area contributed by atoms with Crippen LogP contribution in [0, 0.1) is 17.6 Å². The quantitative estimate of drug-likeness (QED) is 0.778. The molecule has 0 aliphatic heterocycles. The summed E-state index contributed by atoms with van der Waals surface area (Å²) >= 11 is 0. The van der Waals surface area contributed by atoms with Crippen molar-refractivity contribution in [2.75, 3.05) is 6.54 Å². The van der Waals surface area contributed by atoms with Crippen molar-refractivity contribution in [3.63, 3.8) is 0 Å². The van der Waals surface area contributed by atoms with Gasteiger partial charge in [0, 0.05) is 12.0 Å². The highest BCUT2D eigenvalue weighted by atomic mass is 19.2. The summed E-state index contributed by atoms with van der Waals surface area (Å²) in [4.78, 5) is 11.7. The predicted molar refractivity (Wildman–Crippen MR) is 62.8 cm³/mol. The Labute approximate surface area is 99.8 Å². The lowest BCUT2D eigenvalue weighted by molar-refractivity contribution is 0.0973. The van der Waals surface area contributed by atoms with Crippen molar-refractivity contribution in [2.45, 2.75) is 26.2 Å². The Morgan fingerprint density at radius 1 is 1.29 bits per heavy atom. The van der Waals surface area contributed by atoms with Crippen LogP contribution in [0.1, 0.15) is 36.5 Å². The van der Waals surface area contributed by atoms with Crippen molar-refractivity contribution in [3.05, 3.63) is 35.4 Å². The van der Waals surface area contributed by atoms with Crippen LogP contribution >= 0.6 is 0 Å². The molecule has 94 valence electrons. The zero-order valence-corrected chi connectivity index (χ0v) is 9.88. The van der Waals surface area contributed by atoms with E-state index >= 15 is 0 Å². The van der Waals surface area contributed by atoms with Crippen LogP contribution in [-0.2, 0) is 0 Å². The highest BCUT2D eigenvalue weighted by molar-refractivity contribution is 5.96. The van der Waals surface area contributed by atoms with Crippen molar-refractivity contribution in [2.24, 2.45) is 11.7 Å². The minimum Gasteiger partial charge on any atom is -0.330 e. The van der Waals surface area contributed by atoms with Crippen molar-refractivity contribution >= 4 is 5.78 Å². The summed E-state index contributed by atoms with van der Waals surface area (Å²) in [6, 6.07) is 3.24. The highest BCUT2D eigenvalue weighted by Crippen LogP contribution is 2.15. The smallest absolute Gasteiger partial charge is 0.162 e. The summed E-state index contributed by atoms with van der Waals surface area (Å²) in [5.41, 5.74) is 5.63. The SMILES string of the molecule is CC(CCN)CCC(=O)c1ccc(F)c(F)c1. The van der Waals surface area contributed by atoms with Gasteiger partial charge in [-0.1, -0.05) is 6.92 Å². The average molecular weight is 241 g/mol. The summed E-state index contributed by atoms with van der Waals surface area (Å²) in [6.07, 6.45) is 1.92. The van der Waals surface area contributed by atoms with Crippen LogP contribution in [0.5, 0.6) is 0 Å². The third-order valence-electron chi connectivity index (χ3n) is 2.77. The molecule has 1 atom stereocenters. The Kier molecular flexibility index (Phi) is 5.22. The van der Waals surface area contributed by atoms with Gasteiger partial charge in [0.2, 0.25) is 0 Å². The van der Waals surface area contributed by atoms with Gasteiger partial charge in [-0.05, 0) is 43.5 Å². The van der Waals surface area contributed by atoms with Crippen LogP contribution in [0.15, 0.2) is 18.2 Å². The molecule has 1 aromatic carbocycles. The largest absolute Gasteiger partial charge is 0.330 e. The van der Waals surface area contributed by atoms with E-state index < -0.39 is 11.6 Å². The fraction of sp³-hybridized carbons (Fsp3) is 0.462. The zero-order chi connectivity index (χ0) is 12.8. The molecule has 0 spiro atoms. The first-order valence-corrected chi connectivity index (χ1v) is 5.73. The Morgan fingerprint density at radius 3 is 2.59 bits per heavy atom. The second-order valence-corrected chi connectivity index (χ2v) is 4.27. The second-order valence-electron chi connectivity index (χ2n) is 4.27. The lowest BCUT2D eigenvalue weighted by Gasteiger charge is -2.08. The van der Waals surface area contributed by atoms with Crippen LogP contribution in [0.2, 0.25) is 0 Å². The van der Waals surface area contributed by atoms with Crippen molar-refractivity contribution < 1.29 is 13.6 Å². The van der Waals surface area contributed by atoms with Gasteiger partial charge in [-0.3, -0.25) is 4.79 Å². The van der Waals surface area contributed by atoms with Crippen LogP contribution in [-0.4, -0.2) is 12.3 Å². The maximum Gasteiger partial charge on any atom is 0.162 e. The van der Waals surface area contributed by atoms with Crippen molar-refractivity contribution in [1.29, 1.82) is 0 Å². The number of Topliss-reactive ketones (excluding diaryl/α,β-unsaturated/α-hetero) is 1. The van der Waals surface area contributed by atoms with E-state index in [0.717, 1.165) is 25.0 Å². The van der Waals surface area contributed by atoms with Gasteiger partial charge in [0.1, 0.15) is 0 Å². The maximum absolute atomic E-state index is 12.9. The van der Waals surface area contributed by atoms with Crippen molar-refractivity contribution in [1.82, 2.24) is 0 Å². The topological polar surface area (TPSA) is 43.1 Å². The lowest BCUT2D eigenvalue weighted by atomic mass is 9.97. The molecule has 2 nitrogen and oxygen atoms in total. The second kappa shape index (κ2) is 6.45. The number of benzene rings is 1. The molecule has 0 saturated heterocycles. The molecule has 0 aliphatic rings. The Bertz CT molecular complexity index is 393. The fourth-order valence-electron chi connectivity index (χ4n) is 1.62. The van der Waals surface area contributed by atoms with E-state index in [2.05, 4.69) is 0 Å². The monoisotopic (exact) mass is 241 g/mol. The molecule has 0 aromatic heterocycles. The lowest BCUT2D eigenvalue weighted by Crippen LogP contribution is -2.08. The van der Waals surface area contributed by atoms with Gasteiger partial charge in [0.05, 0.1) is 0 Å². The molecule has 1 unspecified atom stereocenters. The summed E-state index contributed by atoms with van der Waals surface area (Å²) in [5, 5.41) is 0. The molecule has 0 aliphatic carbocycles. The van der Waals surface area contributed by atoms with E-state index in [1.54, 1.807) is 0 Å². The molecular formula is C13H17F2NO. The molecule has 1 rings (SSSR count). The van der Waals surface area contributed by atoms with E-state index in [-0.39, 0.29) is 11.3 Å².